The Morgan fingerprint density at radius 1 is 1.05 bits per heavy atom. The smallest absolute Gasteiger partial charge is 0.123 e. The van der Waals surface area contributed by atoms with Crippen molar-refractivity contribution in [1.82, 2.24) is 0 Å². The molecule has 0 aliphatic heterocycles. The standard InChI is InChI=1S/C17H16BrNO2/c1-13-2-5-15(18)12-17(13)21-11-10-20-16-6-3-14(4-7-16)8-9-19/h2-7,12H,8,10-11H2,1H3. The summed E-state index contributed by atoms with van der Waals surface area (Å²) in [5.74, 6) is 1.64. The Hall–Kier alpha value is -1.99. The highest BCUT2D eigenvalue weighted by Gasteiger charge is 2.01. The molecule has 0 heterocycles. The van der Waals surface area contributed by atoms with Crippen LogP contribution in [0, 0.1) is 18.3 Å². The number of nitrogens with zero attached hydrogens (tertiary/aromatic N) is 1. The highest BCUT2D eigenvalue weighted by atomic mass is 79.9. The summed E-state index contributed by atoms with van der Waals surface area (Å²) in [6.45, 7) is 2.97. The summed E-state index contributed by atoms with van der Waals surface area (Å²) >= 11 is 3.43. The average Bonchev–Trinajstić information content (AvgIpc) is 2.49. The predicted octanol–water partition coefficient (Wildman–Crippen LogP) is 4.28. The number of halogens is 1. The third-order valence-electron chi connectivity index (χ3n) is 2.97. The van der Waals surface area contributed by atoms with Gasteiger partial charge in [0, 0.05) is 4.47 Å². The van der Waals surface area contributed by atoms with Crippen molar-refractivity contribution in [1.29, 1.82) is 5.26 Å². The van der Waals surface area contributed by atoms with E-state index >= 15 is 0 Å². The van der Waals surface area contributed by atoms with Crippen molar-refractivity contribution in [3.05, 3.63) is 58.1 Å². The summed E-state index contributed by atoms with van der Waals surface area (Å²) in [5, 5.41) is 8.61. The quantitative estimate of drug-likeness (QED) is 0.733. The molecule has 0 aromatic heterocycles. The van der Waals surface area contributed by atoms with Gasteiger partial charge in [-0.3, -0.25) is 0 Å². The molecular formula is C17H16BrNO2. The van der Waals surface area contributed by atoms with E-state index in [0.717, 1.165) is 27.1 Å². The van der Waals surface area contributed by atoms with Gasteiger partial charge in [0.05, 0.1) is 12.5 Å². The van der Waals surface area contributed by atoms with Crippen LogP contribution in [0.3, 0.4) is 0 Å². The molecule has 2 aromatic rings. The molecule has 0 amide bonds. The molecule has 0 bridgehead atoms. The lowest BCUT2D eigenvalue weighted by atomic mass is 10.2. The van der Waals surface area contributed by atoms with E-state index in [2.05, 4.69) is 22.0 Å². The van der Waals surface area contributed by atoms with Gasteiger partial charge in [-0.05, 0) is 42.3 Å². The van der Waals surface area contributed by atoms with Gasteiger partial charge in [-0.15, -0.1) is 0 Å². The van der Waals surface area contributed by atoms with Crippen LogP contribution >= 0.6 is 15.9 Å². The molecule has 2 aromatic carbocycles. The highest BCUT2D eigenvalue weighted by molar-refractivity contribution is 9.10. The van der Waals surface area contributed by atoms with E-state index in [4.69, 9.17) is 14.7 Å². The van der Waals surface area contributed by atoms with Gasteiger partial charge < -0.3 is 9.47 Å². The minimum atomic E-state index is 0.422. The van der Waals surface area contributed by atoms with Gasteiger partial charge in [-0.1, -0.05) is 34.1 Å². The molecule has 0 aliphatic rings. The molecule has 0 saturated carbocycles. The topological polar surface area (TPSA) is 42.2 Å². The van der Waals surface area contributed by atoms with E-state index in [9.17, 15) is 0 Å². The largest absolute Gasteiger partial charge is 0.490 e. The zero-order valence-corrected chi connectivity index (χ0v) is 13.4. The first kappa shape index (κ1) is 15.4. The molecule has 108 valence electrons. The average molecular weight is 346 g/mol. The summed E-state index contributed by atoms with van der Waals surface area (Å²) in [6.07, 6.45) is 0.422. The fourth-order valence-electron chi connectivity index (χ4n) is 1.84. The van der Waals surface area contributed by atoms with E-state index in [1.165, 1.54) is 0 Å². The number of nitriles is 1. The molecule has 0 radical (unpaired) electrons. The number of hydrogen-bond donors (Lipinski definition) is 0. The molecule has 0 N–H and O–H groups in total. The van der Waals surface area contributed by atoms with Crippen LogP contribution in [0.2, 0.25) is 0 Å². The van der Waals surface area contributed by atoms with Crippen molar-refractivity contribution in [3.63, 3.8) is 0 Å². The second-order valence-electron chi connectivity index (χ2n) is 4.59. The van der Waals surface area contributed by atoms with Gasteiger partial charge >= 0.3 is 0 Å². The van der Waals surface area contributed by atoms with Crippen molar-refractivity contribution in [3.8, 4) is 17.6 Å². The Kier molecular flexibility index (Phi) is 5.65. The molecule has 0 aliphatic carbocycles. The monoisotopic (exact) mass is 345 g/mol. The van der Waals surface area contributed by atoms with Crippen LogP contribution in [-0.2, 0) is 6.42 Å². The van der Waals surface area contributed by atoms with E-state index < -0.39 is 0 Å². The number of benzene rings is 2. The number of ether oxygens (including phenoxy) is 2. The Bertz CT molecular complexity index is 632. The Labute approximate surface area is 133 Å². The molecular weight excluding hydrogens is 330 g/mol. The van der Waals surface area contributed by atoms with Crippen LogP contribution in [-0.4, -0.2) is 13.2 Å². The third kappa shape index (κ3) is 4.80. The fourth-order valence-corrected chi connectivity index (χ4v) is 2.18. The van der Waals surface area contributed by atoms with Crippen LogP contribution < -0.4 is 9.47 Å². The van der Waals surface area contributed by atoms with E-state index in [1.54, 1.807) is 0 Å². The van der Waals surface area contributed by atoms with Crippen LogP contribution in [0.5, 0.6) is 11.5 Å². The zero-order chi connectivity index (χ0) is 15.1. The van der Waals surface area contributed by atoms with Crippen molar-refractivity contribution in [2.45, 2.75) is 13.3 Å². The third-order valence-corrected chi connectivity index (χ3v) is 3.46. The van der Waals surface area contributed by atoms with Gasteiger partial charge in [0.1, 0.15) is 24.7 Å². The van der Waals surface area contributed by atoms with E-state index in [-0.39, 0.29) is 0 Å². The molecule has 2 rings (SSSR count). The summed E-state index contributed by atoms with van der Waals surface area (Å²) in [4.78, 5) is 0. The summed E-state index contributed by atoms with van der Waals surface area (Å²) in [7, 11) is 0. The minimum Gasteiger partial charge on any atom is -0.490 e. The minimum absolute atomic E-state index is 0.422. The number of rotatable bonds is 6. The molecule has 0 unspecified atom stereocenters. The van der Waals surface area contributed by atoms with Gasteiger partial charge in [-0.25, -0.2) is 0 Å². The molecule has 0 saturated heterocycles. The Morgan fingerprint density at radius 3 is 2.48 bits per heavy atom. The first-order chi connectivity index (χ1) is 10.2. The SMILES string of the molecule is Cc1ccc(Br)cc1OCCOc1ccc(CC#N)cc1. The molecule has 0 spiro atoms. The first-order valence-electron chi connectivity index (χ1n) is 6.66. The normalized spacial score (nSPS) is 9.95. The number of aryl methyl sites for hydroxylation is 1. The molecule has 4 heteroatoms. The van der Waals surface area contributed by atoms with E-state index in [1.807, 2.05) is 49.4 Å². The second-order valence-corrected chi connectivity index (χ2v) is 5.50. The maximum absolute atomic E-state index is 8.61. The maximum Gasteiger partial charge on any atom is 0.123 e. The summed E-state index contributed by atoms with van der Waals surface area (Å²) < 4.78 is 12.3. The van der Waals surface area contributed by atoms with Crippen molar-refractivity contribution >= 4 is 15.9 Å². The van der Waals surface area contributed by atoms with Gasteiger partial charge in [0.2, 0.25) is 0 Å². The lowest BCUT2D eigenvalue weighted by molar-refractivity contribution is 0.216. The molecule has 0 atom stereocenters. The van der Waals surface area contributed by atoms with E-state index in [0.29, 0.717) is 19.6 Å². The van der Waals surface area contributed by atoms with Crippen LogP contribution in [0.4, 0.5) is 0 Å². The Morgan fingerprint density at radius 2 is 1.76 bits per heavy atom. The Balaban J connectivity index is 1.79. The molecule has 3 nitrogen and oxygen atoms in total. The fraction of sp³-hybridized carbons (Fsp3) is 0.235. The van der Waals surface area contributed by atoms with Crippen LogP contribution in [0.15, 0.2) is 46.9 Å². The predicted molar refractivity (Wildman–Crippen MR) is 85.6 cm³/mol. The second kappa shape index (κ2) is 7.70. The molecule has 21 heavy (non-hydrogen) atoms. The van der Waals surface area contributed by atoms with Crippen molar-refractivity contribution < 1.29 is 9.47 Å². The maximum atomic E-state index is 8.61. The van der Waals surface area contributed by atoms with Gasteiger partial charge in [0.25, 0.3) is 0 Å². The van der Waals surface area contributed by atoms with Crippen LogP contribution in [0.1, 0.15) is 11.1 Å². The number of hydrogen-bond acceptors (Lipinski definition) is 3. The van der Waals surface area contributed by atoms with Crippen molar-refractivity contribution in [2.24, 2.45) is 0 Å². The lowest BCUT2D eigenvalue weighted by Gasteiger charge is -2.11. The van der Waals surface area contributed by atoms with Crippen LogP contribution in [0.25, 0.3) is 0 Å². The lowest BCUT2D eigenvalue weighted by Crippen LogP contribution is -2.09. The molecule has 0 fully saturated rings. The van der Waals surface area contributed by atoms with Gasteiger partial charge in [-0.2, -0.15) is 5.26 Å². The summed E-state index contributed by atoms with van der Waals surface area (Å²) in [5.41, 5.74) is 2.09. The van der Waals surface area contributed by atoms with Crippen molar-refractivity contribution in [2.75, 3.05) is 13.2 Å². The highest BCUT2D eigenvalue weighted by Crippen LogP contribution is 2.22. The first-order valence-corrected chi connectivity index (χ1v) is 7.46. The zero-order valence-electron chi connectivity index (χ0n) is 11.8. The summed E-state index contributed by atoms with van der Waals surface area (Å²) in [6, 6.07) is 15.6. The van der Waals surface area contributed by atoms with Gasteiger partial charge in [0.15, 0.2) is 0 Å².